The van der Waals surface area contributed by atoms with Crippen LogP contribution in [0.5, 0.6) is 0 Å². The van der Waals surface area contributed by atoms with Crippen molar-refractivity contribution in [3.63, 3.8) is 0 Å². The van der Waals surface area contributed by atoms with Crippen LogP contribution in [0.2, 0.25) is 0 Å². The maximum Gasteiger partial charge on any atom is 0.250 e. The number of ether oxygens (including phenoxy) is 1. The van der Waals surface area contributed by atoms with E-state index in [1.54, 1.807) is 0 Å². The standard InChI is InChI=1S/C14H21NO2/c1-10-6-7-12(11(2)8-10)15-13(16)9-17-14(3,4)5/h6-8H,9H2,1-5H3,(H,15,16). The molecule has 1 aromatic rings. The van der Waals surface area contributed by atoms with Crippen molar-refractivity contribution in [2.24, 2.45) is 0 Å². The van der Waals surface area contributed by atoms with Gasteiger partial charge < -0.3 is 10.1 Å². The highest BCUT2D eigenvalue weighted by molar-refractivity contribution is 5.92. The van der Waals surface area contributed by atoms with Crippen LogP contribution in [0.3, 0.4) is 0 Å². The summed E-state index contributed by atoms with van der Waals surface area (Å²) in [6.45, 7) is 9.87. The second kappa shape index (κ2) is 5.32. The molecule has 3 heteroatoms. The Labute approximate surface area is 103 Å². The van der Waals surface area contributed by atoms with Crippen molar-refractivity contribution in [1.29, 1.82) is 0 Å². The van der Waals surface area contributed by atoms with E-state index in [1.165, 1.54) is 5.56 Å². The predicted octanol–water partition coefficient (Wildman–Crippen LogP) is 3.06. The summed E-state index contributed by atoms with van der Waals surface area (Å²) in [6, 6.07) is 5.94. The summed E-state index contributed by atoms with van der Waals surface area (Å²) in [5.74, 6) is -0.119. The van der Waals surface area contributed by atoms with Gasteiger partial charge in [-0.3, -0.25) is 4.79 Å². The number of carbonyl (C=O) groups is 1. The molecule has 0 fully saturated rings. The second-order valence-corrected chi connectivity index (χ2v) is 5.27. The average Bonchev–Trinajstić information content (AvgIpc) is 2.18. The fourth-order valence-corrected chi connectivity index (χ4v) is 1.42. The molecule has 0 atom stereocenters. The van der Waals surface area contributed by atoms with Crippen molar-refractivity contribution in [3.05, 3.63) is 29.3 Å². The lowest BCUT2D eigenvalue weighted by molar-refractivity contribution is -0.125. The van der Waals surface area contributed by atoms with Gasteiger partial charge in [-0.1, -0.05) is 17.7 Å². The molecule has 1 amide bonds. The van der Waals surface area contributed by atoms with E-state index in [-0.39, 0.29) is 18.1 Å². The number of hydrogen-bond donors (Lipinski definition) is 1. The van der Waals surface area contributed by atoms with E-state index in [0.717, 1.165) is 11.3 Å². The average molecular weight is 235 g/mol. The number of benzene rings is 1. The summed E-state index contributed by atoms with van der Waals surface area (Å²) < 4.78 is 5.41. The number of carbonyl (C=O) groups excluding carboxylic acids is 1. The minimum atomic E-state index is -0.292. The van der Waals surface area contributed by atoms with Gasteiger partial charge in [-0.25, -0.2) is 0 Å². The van der Waals surface area contributed by atoms with Crippen LogP contribution in [-0.4, -0.2) is 18.1 Å². The first-order valence-corrected chi connectivity index (χ1v) is 5.79. The summed E-state index contributed by atoms with van der Waals surface area (Å²) in [4.78, 5) is 11.7. The van der Waals surface area contributed by atoms with Crippen LogP contribution in [0.25, 0.3) is 0 Å². The maximum absolute atomic E-state index is 11.7. The van der Waals surface area contributed by atoms with Crippen molar-refractivity contribution in [3.8, 4) is 0 Å². The molecule has 94 valence electrons. The first-order chi connectivity index (χ1) is 7.78. The van der Waals surface area contributed by atoms with Crippen LogP contribution in [0.1, 0.15) is 31.9 Å². The van der Waals surface area contributed by atoms with Crippen LogP contribution >= 0.6 is 0 Å². The number of hydrogen-bond acceptors (Lipinski definition) is 2. The molecule has 0 saturated heterocycles. The molecule has 0 heterocycles. The first-order valence-electron chi connectivity index (χ1n) is 5.79. The third-order valence-electron chi connectivity index (χ3n) is 2.29. The molecule has 3 nitrogen and oxygen atoms in total. The Morgan fingerprint density at radius 1 is 1.29 bits per heavy atom. The lowest BCUT2D eigenvalue weighted by atomic mass is 10.1. The molecule has 0 aromatic heterocycles. The minimum Gasteiger partial charge on any atom is -0.366 e. The summed E-state index contributed by atoms with van der Waals surface area (Å²) >= 11 is 0. The van der Waals surface area contributed by atoms with Crippen LogP contribution in [0, 0.1) is 13.8 Å². The zero-order valence-electron chi connectivity index (χ0n) is 11.3. The van der Waals surface area contributed by atoms with Gasteiger partial charge in [0, 0.05) is 5.69 Å². The van der Waals surface area contributed by atoms with Crippen LogP contribution < -0.4 is 5.32 Å². The van der Waals surface area contributed by atoms with Crippen molar-refractivity contribution >= 4 is 11.6 Å². The van der Waals surface area contributed by atoms with Crippen molar-refractivity contribution in [1.82, 2.24) is 0 Å². The van der Waals surface area contributed by atoms with E-state index in [0.29, 0.717) is 0 Å². The molecule has 0 aliphatic heterocycles. The fourth-order valence-electron chi connectivity index (χ4n) is 1.42. The van der Waals surface area contributed by atoms with Gasteiger partial charge >= 0.3 is 0 Å². The Morgan fingerprint density at radius 3 is 2.47 bits per heavy atom. The molecule has 1 aromatic carbocycles. The maximum atomic E-state index is 11.7. The number of rotatable bonds is 3. The topological polar surface area (TPSA) is 38.3 Å². The molecule has 0 spiro atoms. The summed E-state index contributed by atoms with van der Waals surface area (Å²) in [5, 5.41) is 2.85. The normalized spacial score (nSPS) is 11.4. The zero-order valence-corrected chi connectivity index (χ0v) is 11.3. The van der Waals surface area contributed by atoms with Gasteiger partial charge in [0.1, 0.15) is 6.61 Å². The third-order valence-corrected chi connectivity index (χ3v) is 2.29. The van der Waals surface area contributed by atoms with Crippen LogP contribution in [0.15, 0.2) is 18.2 Å². The molecule has 0 saturated carbocycles. The van der Waals surface area contributed by atoms with E-state index < -0.39 is 0 Å². The molecular weight excluding hydrogens is 214 g/mol. The molecule has 0 unspecified atom stereocenters. The lowest BCUT2D eigenvalue weighted by Gasteiger charge is -2.19. The van der Waals surface area contributed by atoms with E-state index in [9.17, 15) is 4.79 Å². The van der Waals surface area contributed by atoms with Crippen molar-refractivity contribution < 1.29 is 9.53 Å². The molecular formula is C14H21NO2. The summed E-state index contributed by atoms with van der Waals surface area (Å²) in [5.41, 5.74) is 2.80. The molecule has 1 rings (SSSR count). The fraction of sp³-hybridized carbons (Fsp3) is 0.500. The summed E-state index contributed by atoms with van der Waals surface area (Å²) in [7, 11) is 0. The third kappa shape index (κ3) is 5.00. The van der Waals surface area contributed by atoms with E-state index >= 15 is 0 Å². The monoisotopic (exact) mass is 235 g/mol. The van der Waals surface area contributed by atoms with E-state index in [1.807, 2.05) is 52.8 Å². The predicted molar refractivity (Wildman–Crippen MR) is 70.3 cm³/mol. The van der Waals surface area contributed by atoms with E-state index in [2.05, 4.69) is 5.32 Å². The van der Waals surface area contributed by atoms with Crippen molar-refractivity contribution in [2.45, 2.75) is 40.2 Å². The Hall–Kier alpha value is -1.35. The largest absolute Gasteiger partial charge is 0.366 e. The van der Waals surface area contributed by atoms with Gasteiger partial charge in [0.15, 0.2) is 0 Å². The van der Waals surface area contributed by atoms with Gasteiger partial charge in [0.25, 0.3) is 0 Å². The van der Waals surface area contributed by atoms with Gasteiger partial charge in [-0.05, 0) is 46.2 Å². The molecule has 0 aliphatic carbocycles. The van der Waals surface area contributed by atoms with Crippen LogP contribution in [-0.2, 0) is 9.53 Å². The summed E-state index contributed by atoms with van der Waals surface area (Å²) in [6.07, 6.45) is 0. The van der Waals surface area contributed by atoms with Crippen LogP contribution in [0.4, 0.5) is 5.69 Å². The van der Waals surface area contributed by atoms with Gasteiger partial charge in [-0.15, -0.1) is 0 Å². The van der Waals surface area contributed by atoms with Crippen molar-refractivity contribution in [2.75, 3.05) is 11.9 Å². The second-order valence-electron chi connectivity index (χ2n) is 5.27. The number of aryl methyl sites for hydroxylation is 2. The molecule has 0 radical (unpaired) electrons. The lowest BCUT2D eigenvalue weighted by Crippen LogP contribution is -2.27. The molecule has 1 N–H and O–H groups in total. The van der Waals surface area contributed by atoms with E-state index in [4.69, 9.17) is 4.74 Å². The Kier molecular flexibility index (Phi) is 4.29. The molecule has 0 bridgehead atoms. The zero-order chi connectivity index (χ0) is 13.1. The number of nitrogens with one attached hydrogen (secondary N) is 1. The van der Waals surface area contributed by atoms with Gasteiger partial charge in [0.2, 0.25) is 5.91 Å². The number of amides is 1. The minimum absolute atomic E-state index is 0.0802. The Bertz CT molecular complexity index is 405. The SMILES string of the molecule is Cc1ccc(NC(=O)COC(C)(C)C)c(C)c1. The highest BCUT2D eigenvalue weighted by Crippen LogP contribution is 2.16. The van der Waals surface area contributed by atoms with Gasteiger partial charge in [-0.2, -0.15) is 0 Å². The smallest absolute Gasteiger partial charge is 0.250 e. The highest BCUT2D eigenvalue weighted by atomic mass is 16.5. The first kappa shape index (κ1) is 13.7. The Morgan fingerprint density at radius 2 is 1.94 bits per heavy atom. The van der Waals surface area contributed by atoms with Gasteiger partial charge in [0.05, 0.1) is 5.60 Å². The number of anilines is 1. The highest BCUT2D eigenvalue weighted by Gasteiger charge is 2.13. The molecule has 0 aliphatic rings. The quantitative estimate of drug-likeness (QED) is 0.874. The Balaban J connectivity index is 2.57. The molecule has 17 heavy (non-hydrogen) atoms.